The second-order valence-electron chi connectivity index (χ2n) is 10.5. The summed E-state index contributed by atoms with van der Waals surface area (Å²) >= 11 is 7.90. The van der Waals surface area contributed by atoms with Crippen molar-refractivity contribution in [3.05, 3.63) is 62.5 Å². The lowest BCUT2D eigenvalue weighted by atomic mass is 9.82. The van der Waals surface area contributed by atoms with Crippen LogP contribution in [0.5, 0.6) is 0 Å². The van der Waals surface area contributed by atoms with Crippen LogP contribution in [0, 0.1) is 11.7 Å². The number of allylic oxidation sites excluding steroid dienone is 1. The SMILES string of the molecule is CCOC(=O)C1=C([C@H]2CCN(C(=O)OC(C)(C)C)[C@H](CC)C2)NC(c2nccs2)=NC1c1ccc(F)cc1Cl. The predicted molar refractivity (Wildman–Crippen MR) is 149 cm³/mol. The number of carbonyl (C=O) groups is 2. The molecule has 1 saturated heterocycles. The van der Waals surface area contributed by atoms with Crippen molar-refractivity contribution < 1.29 is 23.5 Å². The molecule has 1 aromatic carbocycles. The number of piperidine rings is 1. The number of hydrogen-bond donors (Lipinski definition) is 1. The van der Waals surface area contributed by atoms with E-state index in [-0.39, 0.29) is 29.7 Å². The molecule has 1 fully saturated rings. The molecule has 3 atom stereocenters. The summed E-state index contributed by atoms with van der Waals surface area (Å²) < 4.78 is 25.1. The van der Waals surface area contributed by atoms with Crippen LogP contribution in [0.4, 0.5) is 9.18 Å². The van der Waals surface area contributed by atoms with Crippen LogP contribution in [0.2, 0.25) is 5.02 Å². The maximum Gasteiger partial charge on any atom is 0.410 e. The van der Waals surface area contributed by atoms with Crippen LogP contribution >= 0.6 is 22.9 Å². The zero-order valence-electron chi connectivity index (χ0n) is 22.8. The number of halogens is 2. The van der Waals surface area contributed by atoms with Crippen LogP contribution in [0.25, 0.3) is 0 Å². The number of ether oxygens (including phenoxy) is 2. The number of esters is 1. The van der Waals surface area contributed by atoms with E-state index in [9.17, 15) is 14.0 Å². The minimum Gasteiger partial charge on any atom is -0.463 e. The van der Waals surface area contributed by atoms with Crippen LogP contribution < -0.4 is 5.32 Å². The summed E-state index contributed by atoms with van der Waals surface area (Å²) in [7, 11) is 0. The molecule has 2 aromatic rings. The average molecular weight is 577 g/mol. The minimum absolute atomic E-state index is 0.0913. The first-order valence-corrected chi connectivity index (χ1v) is 14.4. The Morgan fingerprint density at radius 2 is 2.05 bits per heavy atom. The van der Waals surface area contributed by atoms with E-state index in [1.54, 1.807) is 24.1 Å². The summed E-state index contributed by atoms with van der Waals surface area (Å²) in [5.41, 5.74) is 0.891. The molecular weight excluding hydrogens is 543 g/mol. The van der Waals surface area contributed by atoms with Crippen molar-refractivity contribution in [3.8, 4) is 0 Å². The topological polar surface area (TPSA) is 93.1 Å². The number of likely N-dealkylation sites (tertiary alicyclic amines) is 1. The Hall–Kier alpha value is -2.98. The molecule has 39 heavy (non-hydrogen) atoms. The zero-order valence-corrected chi connectivity index (χ0v) is 24.4. The third kappa shape index (κ3) is 6.61. The molecule has 1 N–H and O–H groups in total. The molecule has 0 aliphatic carbocycles. The smallest absolute Gasteiger partial charge is 0.410 e. The molecule has 0 radical (unpaired) electrons. The van der Waals surface area contributed by atoms with Gasteiger partial charge in [-0.15, -0.1) is 11.3 Å². The number of amidine groups is 1. The summed E-state index contributed by atoms with van der Waals surface area (Å²) in [6.45, 7) is 9.96. The number of hydrogen-bond acceptors (Lipinski definition) is 8. The summed E-state index contributed by atoms with van der Waals surface area (Å²) in [6.07, 6.45) is 3.26. The molecular formula is C28H34ClFN4O4S. The first kappa shape index (κ1) is 29.0. The highest BCUT2D eigenvalue weighted by Gasteiger charge is 2.40. The molecule has 1 amide bonds. The zero-order chi connectivity index (χ0) is 28.3. The monoisotopic (exact) mass is 576 g/mol. The molecule has 1 aromatic heterocycles. The molecule has 0 saturated carbocycles. The molecule has 8 nitrogen and oxygen atoms in total. The van der Waals surface area contributed by atoms with Gasteiger partial charge in [0.15, 0.2) is 10.8 Å². The largest absolute Gasteiger partial charge is 0.463 e. The average Bonchev–Trinajstić information content (AvgIpc) is 3.42. The van der Waals surface area contributed by atoms with Gasteiger partial charge in [0.1, 0.15) is 17.5 Å². The van der Waals surface area contributed by atoms with Crippen molar-refractivity contribution in [3.63, 3.8) is 0 Å². The lowest BCUT2D eigenvalue weighted by Gasteiger charge is -2.41. The summed E-state index contributed by atoms with van der Waals surface area (Å²) in [4.78, 5) is 37.5. The number of amides is 1. The van der Waals surface area contributed by atoms with Gasteiger partial charge in [-0.3, -0.25) is 4.99 Å². The van der Waals surface area contributed by atoms with Gasteiger partial charge in [-0.05, 0) is 59.1 Å². The predicted octanol–water partition coefficient (Wildman–Crippen LogP) is 6.27. The fourth-order valence-electron chi connectivity index (χ4n) is 4.98. The standard InChI is InChI=1S/C28H34ClFN4O4S/c1-6-18-14-16(10-12-34(18)27(36)38-28(3,4)5)22-21(26(35)37-7-2)23(19-9-8-17(30)15-20(19)29)33-24(32-22)25-31-11-13-39-25/h8-9,11,13,15-16,18,23H,6-7,10,12,14H2,1-5H3,(H,32,33)/t16-,18+,23?/m0/s1. The van der Waals surface area contributed by atoms with Crippen LogP contribution in [0.15, 0.2) is 46.0 Å². The van der Waals surface area contributed by atoms with E-state index in [0.29, 0.717) is 47.1 Å². The van der Waals surface area contributed by atoms with E-state index in [1.807, 2.05) is 33.1 Å². The lowest BCUT2D eigenvalue weighted by molar-refractivity contribution is -0.139. The summed E-state index contributed by atoms with van der Waals surface area (Å²) in [6, 6.07) is 3.15. The van der Waals surface area contributed by atoms with Crippen LogP contribution in [0.1, 0.15) is 70.5 Å². The number of aromatic nitrogens is 1. The van der Waals surface area contributed by atoms with Crippen molar-refractivity contribution in [1.82, 2.24) is 15.2 Å². The second kappa shape index (κ2) is 12.0. The normalized spacial score (nSPS) is 21.8. The molecule has 1 unspecified atom stereocenters. The Morgan fingerprint density at radius 3 is 2.67 bits per heavy atom. The van der Waals surface area contributed by atoms with Crippen molar-refractivity contribution in [2.24, 2.45) is 10.9 Å². The number of thiazole rings is 1. The highest BCUT2D eigenvalue weighted by Crippen LogP contribution is 2.41. The Labute approximate surface area is 237 Å². The Bertz CT molecular complexity index is 1270. The Kier molecular flexibility index (Phi) is 8.96. The van der Waals surface area contributed by atoms with Crippen LogP contribution in [-0.4, -0.2) is 52.6 Å². The van der Waals surface area contributed by atoms with Gasteiger partial charge in [0.25, 0.3) is 0 Å². The Balaban J connectivity index is 1.78. The summed E-state index contributed by atoms with van der Waals surface area (Å²) in [5, 5.41) is 6.05. The maximum atomic E-state index is 14.0. The lowest BCUT2D eigenvalue weighted by Crippen LogP contribution is -2.49. The fourth-order valence-corrected chi connectivity index (χ4v) is 5.84. The van der Waals surface area contributed by atoms with Gasteiger partial charge in [-0.2, -0.15) is 0 Å². The fraction of sp³-hybridized carbons (Fsp3) is 0.500. The molecule has 2 aliphatic heterocycles. The maximum absolute atomic E-state index is 14.0. The molecule has 11 heteroatoms. The number of carbonyl (C=O) groups excluding carboxylic acids is 2. The first-order valence-electron chi connectivity index (χ1n) is 13.1. The Morgan fingerprint density at radius 1 is 1.28 bits per heavy atom. The number of benzene rings is 1. The molecule has 0 bridgehead atoms. The van der Waals surface area contributed by atoms with Gasteiger partial charge in [-0.1, -0.05) is 24.6 Å². The van der Waals surface area contributed by atoms with Gasteiger partial charge in [0.2, 0.25) is 0 Å². The van der Waals surface area contributed by atoms with E-state index in [2.05, 4.69) is 10.3 Å². The van der Waals surface area contributed by atoms with Gasteiger partial charge in [0, 0.05) is 46.4 Å². The van der Waals surface area contributed by atoms with Crippen LogP contribution in [-0.2, 0) is 14.3 Å². The number of nitrogens with zero attached hydrogens (tertiary/aromatic N) is 3. The molecule has 3 heterocycles. The van der Waals surface area contributed by atoms with Crippen molar-refractivity contribution in [2.75, 3.05) is 13.2 Å². The molecule has 2 aliphatic rings. The van der Waals surface area contributed by atoms with E-state index in [4.69, 9.17) is 26.1 Å². The number of aliphatic imine (C=N–C) groups is 1. The number of nitrogens with one attached hydrogen (secondary N) is 1. The second-order valence-corrected chi connectivity index (χ2v) is 11.8. The van der Waals surface area contributed by atoms with Crippen molar-refractivity contribution in [2.45, 2.75) is 71.6 Å². The van der Waals surface area contributed by atoms with Gasteiger partial charge in [-0.25, -0.2) is 19.0 Å². The van der Waals surface area contributed by atoms with Crippen molar-refractivity contribution >= 4 is 40.8 Å². The van der Waals surface area contributed by atoms with Crippen molar-refractivity contribution in [1.29, 1.82) is 0 Å². The van der Waals surface area contributed by atoms with Crippen LogP contribution in [0.3, 0.4) is 0 Å². The quantitative estimate of drug-likeness (QED) is 0.407. The molecule has 0 spiro atoms. The third-order valence-corrected chi connectivity index (χ3v) is 7.79. The first-order chi connectivity index (χ1) is 18.5. The van der Waals surface area contributed by atoms with E-state index in [1.165, 1.54) is 23.5 Å². The van der Waals surface area contributed by atoms with E-state index < -0.39 is 23.4 Å². The van der Waals surface area contributed by atoms with Gasteiger partial charge >= 0.3 is 12.1 Å². The summed E-state index contributed by atoms with van der Waals surface area (Å²) in [5.74, 6) is -0.611. The molecule has 4 rings (SSSR count). The minimum atomic E-state index is -0.823. The highest BCUT2D eigenvalue weighted by molar-refractivity contribution is 7.11. The van der Waals surface area contributed by atoms with Gasteiger partial charge in [0.05, 0.1) is 12.2 Å². The molecule has 210 valence electrons. The van der Waals surface area contributed by atoms with Gasteiger partial charge < -0.3 is 19.7 Å². The van der Waals surface area contributed by atoms with E-state index >= 15 is 0 Å². The number of rotatable bonds is 6. The van der Waals surface area contributed by atoms with E-state index in [0.717, 1.165) is 6.42 Å². The third-order valence-electron chi connectivity index (χ3n) is 6.69. The highest BCUT2D eigenvalue weighted by atomic mass is 35.5.